The van der Waals surface area contributed by atoms with E-state index in [1.54, 1.807) is 6.26 Å². The molecule has 102 valence electrons. The van der Waals surface area contributed by atoms with E-state index in [2.05, 4.69) is 18.3 Å². The molecule has 1 unspecified atom stereocenters. The van der Waals surface area contributed by atoms with Crippen molar-refractivity contribution in [3.8, 4) is 0 Å². The van der Waals surface area contributed by atoms with E-state index in [1.807, 2.05) is 31.2 Å². The molecule has 3 heteroatoms. The van der Waals surface area contributed by atoms with Crippen molar-refractivity contribution >= 4 is 0 Å². The maximum atomic E-state index is 10.2. The third kappa shape index (κ3) is 3.94. The van der Waals surface area contributed by atoms with Gasteiger partial charge in [-0.05, 0) is 50.1 Å². The van der Waals surface area contributed by atoms with E-state index in [-0.39, 0.29) is 0 Å². The smallest absolute Gasteiger partial charge is 0.117 e. The highest BCUT2D eigenvalue weighted by atomic mass is 16.3. The van der Waals surface area contributed by atoms with E-state index in [0.29, 0.717) is 13.0 Å². The Morgan fingerprint density at radius 2 is 2.11 bits per heavy atom. The van der Waals surface area contributed by atoms with Gasteiger partial charge in [0.2, 0.25) is 0 Å². The van der Waals surface area contributed by atoms with E-state index in [4.69, 9.17) is 4.42 Å². The van der Waals surface area contributed by atoms with Crippen molar-refractivity contribution in [1.29, 1.82) is 0 Å². The first-order valence-electron chi connectivity index (χ1n) is 6.65. The third-order valence-electron chi connectivity index (χ3n) is 3.26. The van der Waals surface area contributed by atoms with Gasteiger partial charge in [-0.2, -0.15) is 0 Å². The highest BCUT2D eigenvalue weighted by molar-refractivity contribution is 5.31. The number of benzene rings is 1. The van der Waals surface area contributed by atoms with E-state index in [9.17, 15) is 5.11 Å². The van der Waals surface area contributed by atoms with Gasteiger partial charge in [0.05, 0.1) is 18.9 Å². The van der Waals surface area contributed by atoms with Crippen LogP contribution in [-0.4, -0.2) is 11.7 Å². The molecule has 2 N–H and O–H groups in total. The highest BCUT2D eigenvalue weighted by Crippen LogP contribution is 2.21. The zero-order valence-corrected chi connectivity index (χ0v) is 11.5. The van der Waals surface area contributed by atoms with Crippen LogP contribution in [0, 0.1) is 13.8 Å². The van der Waals surface area contributed by atoms with Gasteiger partial charge in [0.1, 0.15) is 5.76 Å². The third-order valence-corrected chi connectivity index (χ3v) is 3.26. The predicted molar refractivity (Wildman–Crippen MR) is 75.9 cm³/mol. The second-order valence-electron chi connectivity index (χ2n) is 4.92. The molecule has 0 amide bonds. The van der Waals surface area contributed by atoms with E-state index in [0.717, 1.165) is 23.4 Å². The molecule has 3 nitrogen and oxygen atoms in total. The summed E-state index contributed by atoms with van der Waals surface area (Å²) in [6.45, 7) is 5.57. The molecule has 1 heterocycles. The number of nitrogens with one attached hydrogen (secondary N) is 1. The Morgan fingerprint density at radius 1 is 1.26 bits per heavy atom. The van der Waals surface area contributed by atoms with Crippen LogP contribution < -0.4 is 5.32 Å². The molecular formula is C16H21NO2. The van der Waals surface area contributed by atoms with Crippen LogP contribution in [0.2, 0.25) is 0 Å². The van der Waals surface area contributed by atoms with Crippen molar-refractivity contribution in [2.75, 3.05) is 6.54 Å². The normalized spacial score (nSPS) is 12.6. The summed E-state index contributed by atoms with van der Waals surface area (Å²) in [6, 6.07) is 9.98. The van der Waals surface area contributed by atoms with Crippen LogP contribution >= 0.6 is 0 Å². The molecule has 1 aromatic heterocycles. The first-order valence-corrected chi connectivity index (χ1v) is 6.65. The van der Waals surface area contributed by atoms with Crippen molar-refractivity contribution < 1.29 is 9.52 Å². The summed E-state index contributed by atoms with van der Waals surface area (Å²) in [6.07, 6.45) is 1.95. The molecule has 0 bridgehead atoms. The van der Waals surface area contributed by atoms with E-state index in [1.165, 1.54) is 5.56 Å². The Bertz CT molecular complexity index is 505. The Morgan fingerprint density at radius 3 is 2.79 bits per heavy atom. The molecule has 1 atom stereocenters. The number of aryl methyl sites for hydroxylation is 2. The monoisotopic (exact) mass is 259 g/mol. The van der Waals surface area contributed by atoms with Crippen LogP contribution in [-0.2, 0) is 6.54 Å². The molecule has 0 saturated carbocycles. The van der Waals surface area contributed by atoms with Gasteiger partial charge in [-0.1, -0.05) is 23.8 Å². The van der Waals surface area contributed by atoms with Crippen LogP contribution in [0.1, 0.15) is 35.0 Å². The Kier molecular flexibility index (Phi) is 4.77. The summed E-state index contributed by atoms with van der Waals surface area (Å²) in [7, 11) is 0. The summed E-state index contributed by atoms with van der Waals surface area (Å²) in [5, 5.41) is 13.5. The molecule has 0 aliphatic heterocycles. The second kappa shape index (κ2) is 6.55. The minimum absolute atomic E-state index is 0.412. The number of aliphatic hydroxyl groups excluding tert-OH is 1. The van der Waals surface area contributed by atoms with Crippen molar-refractivity contribution in [1.82, 2.24) is 5.32 Å². The second-order valence-corrected chi connectivity index (χ2v) is 4.92. The average molecular weight is 259 g/mol. The summed E-state index contributed by atoms with van der Waals surface area (Å²) in [5.41, 5.74) is 3.40. The number of furan rings is 1. The molecule has 0 radical (unpaired) electrons. The Labute approximate surface area is 114 Å². The molecule has 0 aliphatic carbocycles. The summed E-state index contributed by atoms with van der Waals surface area (Å²) < 4.78 is 5.23. The number of hydrogen-bond donors (Lipinski definition) is 2. The fourth-order valence-electron chi connectivity index (χ4n) is 2.22. The largest absolute Gasteiger partial charge is 0.468 e. The standard InChI is InChI=1S/C16H21NO2/c1-12-5-6-15(13(2)10-12)16(18)7-8-17-11-14-4-3-9-19-14/h3-6,9-10,16-18H,7-8,11H2,1-2H3. The molecule has 0 saturated heterocycles. The molecule has 0 aliphatic rings. The van der Waals surface area contributed by atoms with Gasteiger partial charge in [-0.3, -0.25) is 0 Å². The lowest BCUT2D eigenvalue weighted by atomic mass is 9.99. The molecule has 0 spiro atoms. The van der Waals surface area contributed by atoms with Crippen molar-refractivity contribution in [3.05, 3.63) is 59.0 Å². The van der Waals surface area contributed by atoms with Crippen LogP contribution in [0.4, 0.5) is 0 Å². The summed E-state index contributed by atoms with van der Waals surface area (Å²) in [4.78, 5) is 0. The van der Waals surface area contributed by atoms with Crippen molar-refractivity contribution in [2.24, 2.45) is 0 Å². The van der Waals surface area contributed by atoms with Gasteiger partial charge >= 0.3 is 0 Å². The van der Waals surface area contributed by atoms with Gasteiger partial charge < -0.3 is 14.8 Å². The van der Waals surface area contributed by atoms with Crippen LogP contribution in [0.3, 0.4) is 0 Å². The minimum atomic E-state index is -0.412. The maximum absolute atomic E-state index is 10.2. The topological polar surface area (TPSA) is 45.4 Å². The fourth-order valence-corrected chi connectivity index (χ4v) is 2.22. The van der Waals surface area contributed by atoms with Crippen molar-refractivity contribution in [3.63, 3.8) is 0 Å². The van der Waals surface area contributed by atoms with Crippen LogP contribution in [0.25, 0.3) is 0 Å². The van der Waals surface area contributed by atoms with Gasteiger partial charge in [0.25, 0.3) is 0 Å². The minimum Gasteiger partial charge on any atom is -0.468 e. The lowest BCUT2D eigenvalue weighted by Gasteiger charge is -2.14. The zero-order chi connectivity index (χ0) is 13.7. The Hall–Kier alpha value is -1.58. The lowest BCUT2D eigenvalue weighted by molar-refractivity contribution is 0.165. The van der Waals surface area contributed by atoms with Gasteiger partial charge in [-0.25, -0.2) is 0 Å². The van der Waals surface area contributed by atoms with E-state index >= 15 is 0 Å². The van der Waals surface area contributed by atoms with Crippen molar-refractivity contribution in [2.45, 2.75) is 32.9 Å². The summed E-state index contributed by atoms with van der Waals surface area (Å²) >= 11 is 0. The number of hydrogen-bond acceptors (Lipinski definition) is 3. The van der Waals surface area contributed by atoms with Gasteiger partial charge in [-0.15, -0.1) is 0 Å². The van der Waals surface area contributed by atoms with E-state index < -0.39 is 6.10 Å². The SMILES string of the molecule is Cc1ccc(C(O)CCNCc2ccco2)c(C)c1. The quantitative estimate of drug-likeness (QED) is 0.783. The van der Waals surface area contributed by atoms with Crippen LogP contribution in [0.5, 0.6) is 0 Å². The predicted octanol–water partition coefficient (Wildman–Crippen LogP) is 3.11. The highest BCUT2D eigenvalue weighted by Gasteiger charge is 2.09. The zero-order valence-electron chi connectivity index (χ0n) is 11.5. The summed E-state index contributed by atoms with van der Waals surface area (Å²) in [5.74, 6) is 0.918. The molecule has 1 aromatic carbocycles. The molecular weight excluding hydrogens is 238 g/mol. The first kappa shape index (κ1) is 13.8. The molecule has 2 rings (SSSR count). The Balaban J connectivity index is 1.79. The van der Waals surface area contributed by atoms with Gasteiger partial charge in [0, 0.05) is 0 Å². The fraction of sp³-hybridized carbons (Fsp3) is 0.375. The van der Waals surface area contributed by atoms with Crippen LogP contribution in [0.15, 0.2) is 41.0 Å². The maximum Gasteiger partial charge on any atom is 0.117 e. The molecule has 2 aromatic rings. The molecule has 19 heavy (non-hydrogen) atoms. The van der Waals surface area contributed by atoms with Gasteiger partial charge in [0.15, 0.2) is 0 Å². The lowest BCUT2D eigenvalue weighted by Crippen LogP contribution is -2.17. The average Bonchev–Trinajstić information content (AvgIpc) is 2.87. The number of rotatable bonds is 6. The first-order chi connectivity index (χ1) is 9.16. The molecule has 0 fully saturated rings. The number of aliphatic hydroxyl groups is 1.